The zero-order valence-electron chi connectivity index (χ0n) is 17.1. The number of alkyl halides is 3. The molecule has 0 atom stereocenters. The van der Waals surface area contributed by atoms with Gasteiger partial charge in [-0.25, -0.2) is 0 Å². The molecule has 0 aliphatic carbocycles. The molecule has 1 aliphatic rings. The van der Waals surface area contributed by atoms with Gasteiger partial charge in [0.1, 0.15) is 5.75 Å². The Hall–Kier alpha value is -2.58. The summed E-state index contributed by atoms with van der Waals surface area (Å²) in [4.78, 5) is 17.3. The lowest BCUT2D eigenvalue weighted by Crippen LogP contribution is -2.43. The van der Waals surface area contributed by atoms with Gasteiger partial charge < -0.3 is 15.0 Å². The third-order valence-corrected chi connectivity index (χ3v) is 5.03. The molecule has 0 radical (unpaired) electrons. The Kier molecular flexibility index (Phi) is 6.99. The molecular weight excluding hydrogens is 395 g/mol. The molecule has 0 spiro atoms. The summed E-state index contributed by atoms with van der Waals surface area (Å²) in [5.41, 5.74) is 2.49. The second-order valence-corrected chi connectivity index (χ2v) is 7.62. The molecule has 5 nitrogen and oxygen atoms in total. The largest absolute Gasteiger partial charge is 0.484 e. The molecule has 2 aromatic rings. The van der Waals surface area contributed by atoms with E-state index in [0.717, 1.165) is 38.3 Å². The van der Waals surface area contributed by atoms with Gasteiger partial charge in [-0.2, -0.15) is 13.2 Å². The number of carbonyl (C=O) groups excluding carboxylic acids is 1. The average molecular weight is 421 g/mol. The van der Waals surface area contributed by atoms with Crippen molar-refractivity contribution in [1.82, 2.24) is 9.80 Å². The molecule has 2 aromatic carbocycles. The SMILES string of the molecule is Cc1ccc(NC(=O)c2cccc(CN3CCN(C)CC3)c2)cc1OCC(F)(F)F. The molecular formula is C22H26F3N3O2. The third-order valence-electron chi connectivity index (χ3n) is 5.03. The lowest BCUT2D eigenvalue weighted by Gasteiger charge is -2.32. The summed E-state index contributed by atoms with van der Waals surface area (Å²) < 4.78 is 42.1. The molecule has 30 heavy (non-hydrogen) atoms. The highest BCUT2D eigenvalue weighted by atomic mass is 19.4. The number of hydrogen-bond acceptors (Lipinski definition) is 4. The molecule has 1 aliphatic heterocycles. The van der Waals surface area contributed by atoms with Crippen LogP contribution in [0.3, 0.4) is 0 Å². The van der Waals surface area contributed by atoms with E-state index in [1.807, 2.05) is 18.2 Å². The van der Waals surface area contributed by atoms with Crippen LogP contribution in [0.5, 0.6) is 5.75 Å². The monoisotopic (exact) mass is 421 g/mol. The van der Waals surface area contributed by atoms with Gasteiger partial charge in [-0.05, 0) is 43.3 Å². The number of nitrogens with zero attached hydrogens (tertiary/aromatic N) is 2. The van der Waals surface area contributed by atoms with Crippen molar-refractivity contribution in [2.24, 2.45) is 0 Å². The number of hydrogen-bond donors (Lipinski definition) is 1. The van der Waals surface area contributed by atoms with Crippen molar-refractivity contribution in [2.45, 2.75) is 19.6 Å². The average Bonchev–Trinajstić information content (AvgIpc) is 2.70. The predicted molar refractivity (Wildman–Crippen MR) is 110 cm³/mol. The molecule has 0 unspecified atom stereocenters. The van der Waals surface area contributed by atoms with Crippen LogP contribution in [0.2, 0.25) is 0 Å². The maximum absolute atomic E-state index is 12.7. The smallest absolute Gasteiger partial charge is 0.422 e. The Morgan fingerprint density at radius 2 is 1.83 bits per heavy atom. The number of piperazine rings is 1. The summed E-state index contributed by atoms with van der Waals surface area (Å²) in [5, 5.41) is 2.74. The van der Waals surface area contributed by atoms with Crippen LogP contribution in [0.4, 0.5) is 18.9 Å². The van der Waals surface area contributed by atoms with Crippen LogP contribution in [0.1, 0.15) is 21.5 Å². The van der Waals surface area contributed by atoms with Crippen LogP contribution in [-0.4, -0.2) is 61.7 Å². The zero-order valence-corrected chi connectivity index (χ0v) is 17.1. The Labute approximate surface area is 174 Å². The molecule has 162 valence electrons. The molecule has 1 heterocycles. The number of benzene rings is 2. The van der Waals surface area contributed by atoms with Gasteiger partial charge >= 0.3 is 6.18 Å². The van der Waals surface area contributed by atoms with Crippen molar-refractivity contribution in [1.29, 1.82) is 0 Å². The van der Waals surface area contributed by atoms with Gasteiger partial charge in [0.25, 0.3) is 5.91 Å². The van der Waals surface area contributed by atoms with E-state index in [1.165, 1.54) is 6.07 Å². The minimum absolute atomic E-state index is 0.0916. The fraction of sp³-hybridized carbons (Fsp3) is 0.409. The maximum atomic E-state index is 12.7. The number of halogens is 3. The number of ether oxygens (including phenoxy) is 1. The highest BCUT2D eigenvalue weighted by Gasteiger charge is 2.28. The Bertz CT molecular complexity index is 878. The first-order chi connectivity index (χ1) is 14.2. The van der Waals surface area contributed by atoms with Crippen LogP contribution >= 0.6 is 0 Å². The van der Waals surface area contributed by atoms with Crippen molar-refractivity contribution in [2.75, 3.05) is 45.2 Å². The fourth-order valence-corrected chi connectivity index (χ4v) is 3.27. The molecule has 1 amide bonds. The standard InChI is InChI=1S/C22H26F3N3O2/c1-16-6-7-19(13-20(16)30-15-22(23,24)25)26-21(29)18-5-3-4-17(12-18)14-28-10-8-27(2)9-11-28/h3-7,12-13H,8-11,14-15H2,1-2H3,(H,26,29). The van der Waals surface area contributed by atoms with Gasteiger partial charge in [0.05, 0.1) is 0 Å². The summed E-state index contributed by atoms with van der Waals surface area (Å²) in [6, 6.07) is 12.1. The maximum Gasteiger partial charge on any atom is 0.422 e. The topological polar surface area (TPSA) is 44.8 Å². The Balaban J connectivity index is 1.64. The summed E-state index contributed by atoms with van der Waals surface area (Å²) >= 11 is 0. The second kappa shape index (κ2) is 9.49. The fourth-order valence-electron chi connectivity index (χ4n) is 3.27. The number of amides is 1. The molecule has 1 N–H and O–H groups in total. The normalized spacial score (nSPS) is 15.8. The Morgan fingerprint density at radius 1 is 1.10 bits per heavy atom. The van der Waals surface area contributed by atoms with Crippen molar-refractivity contribution < 1.29 is 22.7 Å². The van der Waals surface area contributed by atoms with Gasteiger partial charge in [0.2, 0.25) is 0 Å². The van der Waals surface area contributed by atoms with Crippen molar-refractivity contribution in [3.63, 3.8) is 0 Å². The first-order valence-electron chi connectivity index (χ1n) is 9.81. The molecule has 0 saturated carbocycles. The number of carbonyl (C=O) groups is 1. The minimum atomic E-state index is -4.42. The molecule has 1 saturated heterocycles. The van der Waals surface area contributed by atoms with Crippen LogP contribution in [-0.2, 0) is 6.54 Å². The number of aryl methyl sites for hydroxylation is 1. The number of likely N-dealkylation sites (N-methyl/N-ethyl adjacent to an activating group) is 1. The summed E-state index contributed by atoms with van der Waals surface area (Å²) in [6.45, 7) is 5.06. The number of anilines is 1. The quantitative estimate of drug-likeness (QED) is 0.768. The van der Waals surface area contributed by atoms with Gasteiger partial charge in [0, 0.05) is 50.0 Å². The van der Waals surface area contributed by atoms with E-state index in [9.17, 15) is 18.0 Å². The van der Waals surface area contributed by atoms with Gasteiger partial charge in [-0.15, -0.1) is 0 Å². The summed E-state index contributed by atoms with van der Waals surface area (Å²) in [7, 11) is 2.10. The first-order valence-corrected chi connectivity index (χ1v) is 9.81. The highest BCUT2D eigenvalue weighted by Crippen LogP contribution is 2.25. The Morgan fingerprint density at radius 3 is 2.53 bits per heavy atom. The van der Waals surface area contributed by atoms with Gasteiger partial charge in [0.15, 0.2) is 6.61 Å². The number of rotatable bonds is 6. The van der Waals surface area contributed by atoms with Gasteiger partial charge in [-0.1, -0.05) is 18.2 Å². The van der Waals surface area contributed by atoms with E-state index in [0.29, 0.717) is 16.8 Å². The zero-order chi connectivity index (χ0) is 21.7. The summed E-state index contributed by atoms with van der Waals surface area (Å²) in [6.07, 6.45) is -4.42. The summed E-state index contributed by atoms with van der Waals surface area (Å²) in [5.74, 6) is -0.227. The van der Waals surface area contributed by atoms with E-state index in [-0.39, 0.29) is 11.7 Å². The van der Waals surface area contributed by atoms with Gasteiger partial charge in [-0.3, -0.25) is 9.69 Å². The molecule has 8 heteroatoms. The van der Waals surface area contributed by atoms with E-state index in [2.05, 4.69) is 22.2 Å². The predicted octanol–water partition coefficient (Wildman–Crippen LogP) is 3.94. The molecule has 1 fully saturated rings. The van der Waals surface area contributed by atoms with Crippen LogP contribution in [0.25, 0.3) is 0 Å². The minimum Gasteiger partial charge on any atom is -0.484 e. The first kappa shape index (κ1) is 22.1. The second-order valence-electron chi connectivity index (χ2n) is 7.62. The van der Waals surface area contributed by atoms with Crippen LogP contribution < -0.4 is 10.1 Å². The number of nitrogens with one attached hydrogen (secondary N) is 1. The van der Waals surface area contributed by atoms with Crippen molar-refractivity contribution >= 4 is 11.6 Å². The van der Waals surface area contributed by atoms with E-state index >= 15 is 0 Å². The van der Waals surface area contributed by atoms with E-state index in [1.54, 1.807) is 25.1 Å². The van der Waals surface area contributed by atoms with E-state index in [4.69, 9.17) is 4.74 Å². The van der Waals surface area contributed by atoms with E-state index < -0.39 is 12.8 Å². The molecule has 0 bridgehead atoms. The molecule has 3 rings (SSSR count). The lowest BCUT2D eigenvalue weighted by molar-refractivity contribution is -0.153. The third kappa shape index (κ3) is 6.47. The van der Waals surface area contributed by atoms with Crippen LogP contribution in [0.15, 0.2) is 42.5 Å². The highest BCUT2D eigenvalue weighted by molar-refractivity contribution is 6.04. The lowest BCUT2D eigenvalue weighted by atomic mass is 10.1. The van der Waals surface area contributed by atoms with Crippen molar-refractivity contribution in [3.05, 3.63) is 59.2 Å². The van der Waals surface area contributed by atoms with Crippen LogP contribution in [0, 0.1) is 6.92 Å². The molecule has 0 aromatic heterocycles. The van der Waals surface area contributed by atoms with Crippen molar-refractivity contribution in [3.8, 4) is 5.75 Å².